The average Bonchev–Trinajstić information content (AvgIpc) is 3.32. The molecule has 4 aromatic heterocycles. The van der Waals surface area contributed by atoms with Crippen LogP contribution in [-0.4, -0.2) is 36.0 Å². The lowest BCUT2D eigenvalue weighted by Crippen LogP contribution is -2.27. The molecule has 5 heterocycles. The van der Waals surface area contributed by atoms with Crippen LogP contribution in [0, 0.1) is 5.82 Å². The number of hydrogen-bond acceptors (Lipinski definition) is 5. The summed E-state index contributed by atoms with van der Waals surface area (Å²) in [6.07, 6.45) is 5.75. The minimum absolute atomic E-state index is 0.130. The van der Waals surface area contributed by atoms with Crippen LogP contribution in [0.2, 0.25) is 0 Å². The first-order valence-electron chi connectivity index (χ1n) is 8.86. The van der Waals surface area contributed by atoms with Gasteiger partial charge in [-0.3, -0.25) is 14.8 Å². The number of ether oxygens (including phenoxy) is 1. The van der Waals surface area contributed by atoms with Gasteiger partial charge in [-0.25, -0.2) is 9.37 Å². The van der Waals surface area contributed by atoms with Gasteiger partial charge in [-0.1, -0.05) is 6.92 Å². The molecule has 0 radical (unpaired) electrons. The second-order valence-electron chi connectivity index (χ2n) is 6.55. The van der Waals surface area contributed by atoms with E-state index in [0.29, 0.717) is 30.2 Å². The Balaban J connectivity index is 1.77. The molecule has 0 fully saturated rings. The molecule has 27 heavy (non-hydrogen) atoms. The highest BCUT2D eigenvalue weighted by Crippen LogP contribution is 2.38. The van der Waals surface area contributed by atoms with E-state index < -0.39 is 0 Å². The molecule has 1 aliphatic heterocycles. The predicted octanol–water partition coefficient (Wildman–Crippen LogP) is 3.33. The Morgan fingerprint density at radius 2 is 2.19 bits per heavy atom. The first-order valence-corrected chi connectivity index (χ1v) is 8.86. The summed E-state index contributed by atoms with van der Waals surface area (Å²) in [6, 6.07) is 4.99. The Kier molecular flexibility index (Phi) is 3.71. The first-order chi connectivity index (χ1) is 13.2. The molecule has 0 aliphatic carbocycles. The smallest absolute Gasteiger partial charge is 0.155 e. The number of rotatable bonds is 3. The van der Waals surface area contributed by atoms with Crippen molar-refractivity contribution < 1.29 is 9.13 Å². The molecular weight excluding hydrogens is 347 g/mol. The predicted molar refractivity (Wildman–Crippen MR) is 97.2 cm³/mol. The van der Waals surface area contributed by atoms with E-state index >= 15 is 0 Å². The van der Waals surface area contributed by atoms with Crippen LogP contribution in [0.15, 0.2) is 36.8 Å². The van der Waals surface area contributed by atoms with E-state index in [-0.39, 0.29) is 11.9 Å². The fraction of sp³-hybridized carbons (Fsp3) is 0.263. The van der Waals surface area contributed by atoms with Gasteiger partial charge >= 0.3 is 0 Å². The Morgan fingerprint density at radius 3 is 3.00 bits per heavy atom. The quantitative estimate of drug-likeness (QED) is 0.603. The highest BCUT2D eigenvalue weighted by Gasteiger charge is 2.28. The summed E-state index contributed by atoms with van der Waals surface area (Å²) in [7, 11) is 0. The summed E-state index contributed by atoms with van der Waals surface area (Å²) >= 11 is 0. The molecule has 8 heteroatoms. The lowest BCUT2D eigenvalue weighted by Gasteiger charge is -2.23. The van der Waals surface area contributed by atoms with Crippen molar-refractivity contribution in [3.05, 3.63) is 48.3 Å². The normalized spacial score (nSPS) is 16.6. The van der Waals surface area contributed by atoms with E-state index in [9.17, 15) is 4.39 Å². The maximum atomic E-state index is 13.4. The van der Waals surface area contributed by atoms with Crippen LogP contribution in [0.1, 0.15) is 19.0 Å². The summed E-state index contributed by atoms with van der Waals surface area (Å²) in [5.41, 5.74) is 4.89. The molecule has 5 rings (SSSR count). The third-order valence-corrected chi connectivity index (χ3v) is 4.94. The fourth-order valence-electron chi connectivity index (χ4n) is 3.53. The SMILES string of the molecule is CC[C@@H]1Cn2nc(-c3ccc(F)cn3)c(-c3ccnc4[nH]ncc34)c2CO1. The van der Waals surface area contributed by atoms with Gasteiger partial charge in [0.2, 0.25) is 0 Å². The lowest BCUT2D eigenvalue weighted by molar-refractivity contribution is -0.00107. The van der Waals surface area contributed by atoms with Gasteiger partial charge in [0.25, 0.3) is 0 Å². The molecule has 1 N–H and O–H groups in total. The largest absolute Gasteiger partial charge is 0.370 e. The van der Waals surface area contributed by atoms with Crippen LogP contribution in [0.5, 0.6) is 0 Å². The fourth-order valence-corrected chi connectivity index (χ4v) is 3.53. The molecule has 7 nitrogen and oxygen atoms in total. The zero-order chi connectivity index (χ0) is 18.4. The van der Waals surface area contributed by atoms with Crippen molar-refractivity contribution >= 4 is 11.0 Å². The van der Waals surface area contributed by atoms with E-state index in [1.807, 2.05) is 10.7 Å². The van der Waals surface area contributed by atoms with Crippen LogP contribution >= 0.6 is 0 Å². The third-order valence-electron chi connectivity index (χ3n) is 4.94. The molecule has 4 aromatic rings. The molecule has 0 saturated heterocycles. The minimum Gasteiger partial charge on any atom is -0.370 e. The number of nitrogens with zero attached hydrogens (tertiary/aromatic N) is 5. The molecule has 136 valence electrons. The molecule has 1 atom stereocenters. The first kappa shape index (κ1) is 16.1. The maximum absolute atomic E-state index is 13.4. The molecular formula is C19H17FN6O. The average molecular weight is 364 g/mol. The highest BCUT2D eigenvalue weighted by atomic mass is 19.1. The zero-order valence-corrected chi connectivity index (χ0v) is 14.7. The van der Waals surface area contributed by atoms with Gasteiger partial charge in [-0.2, -0.15) is 10.2 Å². The molecule has 0 spiro atoms. The van der Waals surface area contributed by atoms with E-state index in [1.165, 1.54) is 12.3 Å². The summed E-state index contributed by atoms with van der Waals surface area (Å²) in [5, 5.41) is 12.7. The summed E-state index contributed by atoms with van der Waals surface area (Å²) in [4.78, 5) is 8.58. The molecule has 1 aliphatic rings. The van der Waals surface area contributed by atoms with Crippen LogP contribution in [0.25, 0.3) is 33.5 Å². The topological polar surface area (TPSA) is 81.5 Å². The van der Waals surface area contributed by atoms with Gasteiger partial charge in [0, 0.05) is 22.7 Å². The second kappa shape index (κ2) is 6.24. The number of fused-ring (bicyclic) bond motifs is 2. The Hall–Kier alpha value is -3.13. The molecule has 0 bridgehead atoms. The van der Waals surface area contributed by atoms with Gasteiger partial charge in [0.05, 0.1) is 43.0 Å². The number of hydrogen-bond donors (Lipinski definition) is 1. The van der Waals surface area contributed by atoms with Gasteiger partial charge in [-0.05, 0) is 24.6 Å². The molecule has 0 unspecified atom stereocenters. The number of aromatic nitrogens is 6. The Labute approximate surface area is 154 Å². The number of nitrogens with one attached hydrogen (secondary N) is 1. The molecule has 0 aromatic carbocycles. The summed E-state index contributed by atoms with van der Waals surface area (Å²) in [5.74, 6) is -0.375. The van der Waals surface area contributed by atoms with Gasteiger partial charge < -0.3 is 4.74 Å². The van der Waals surface area contributed by atoms with Crippen molar-refractivity contribution in [3.8, 4) is 22.5 Å². The van der Waals surface area contributed by atoms with Crippen molar-refractivity contribution in [2.24, 2.45) is 0 Å². The van der Waals surface area contributed by atoms with Crippen molar-refractivity contribution in [2.75, 3.05) is 0 Å². The minimum atomic E-state index is -0.375. The molecule has 0 amide bonds. The third kappa shape index (κ3) is 2.60. The highest BCUT2D eigenvalue weighted by molar-refractivity contribution is 5.97. The summed E-state index contributed by atoms with van der Waals surface area (Å²) in [6.45, 7) is 3.24. The number of aromatic amines is 1. The lowest BCUT2D eigenvalue weighted by atomic mass is 9.99. The van der Waals surface area contributed by atoms with Crippen LogP contribution in [0.4, 0.5) is 4.39 Å². The Morgan fingerprint density at radius 1 is 1.26 bits per heavy atom. The summed E-state index contributed by atoms with van der Waals surface area (Å²) < 4.78 is 21.4. The van der Waals surface area contributed by atoms with E-state index in [4.69, 9.17) is 9.84 Å². The van der Waals surface area contributed by atoms with Crippen molar-refractivity contribution in [1.82, 2.24) is 29.9 Å². The van der Waals surface area contributed by atoms with Crippen molar-refractivity contribution in [3.63, 3.8) is 0 Å². The van der Waals surface area contributed by atoms with E-state index in [1.54, 1.807) is 18.5 Å². The van der Waals surface area contributed by atoms with E-state index in [2.05, 4.69) is 27.1 Å². The monoisotopic (exact) mass is 364 g/mol. The number of halogens is 1. The Bertz CT molecular complexity index is 1120. The number of H-pyrrole nitrogens is 1. The van der Waals surface area contributed by atoms with Crippen LogP contribution in [0.3, 0.4) is 0 Å². The standard InChI is InChI=1S/C19H17FN6O/c1-2-12-9-26-16(10-27-12)17(13-5-6-21-19-14(13)8-23-24-19)18(25-26)15-4-3-11(20)7-22-15/h3-8,12H,2,9-10H2,1H3,(H,21,23,24)/t12-/m1/s1. The van der Waals surface area contributed by atoms with Crippen LogP contribution < -0.4 is 0 Å². The van der Waals surface area contributed by atoms with Gasteiger partial charge in [0.15, 0.2) is 5.65 Å². The zero-order valence-electron chi connectivity index (χ0n) is 14.7. The number of pyridine rings is 2. The van der Waals surface area contributed by atoms with Gasteiger partial charge in [-0.15, -0.1) is 0 Å². The van der Waals surface area contributed by atoms with Gasteiger partial charge in [0.1, 0.15) is 11.5 Å². The van der Waals surface area contributed by atoms with Crippen molar-refractivity contribution in [2.45, 2.75) is 32.6 Å². The molecule has 0 saturated carbocycles. The maximum Gasteiger partial charge on any atom is 0.155 e. The van der Waals surface area contributed by atoms with Crippen molar-refractivity contribution in [1.29, 1.82) is 0 Å². The van der Waals surface area contributed by atoms with E-state index in [0.717, 1.165) is 28.6 Å². The van der Waals surface area contributed by atoms with Crippen LogP contribution in [-0.2, 0) is 17.9 Å². The second-order valence-corrected chi connectivity index (χ2v) is 6.55.